The molecular weight excluding hydrogens is 324 g/mol. The molecule has 0 radical (unpaired) electrons. The van der Waals surface area contributed by atoms with E-state index in [0.29, 0.717) is 0 Å². The van der Waals surface area contributed by atoms with Crippen LogP contribution in [-0.4, -0.2) is 0 Å². The summed E-state index contributed by atoms with van der Waals surface area (Å²) in [5, 5.41) is 0. The normalized spacial score (nSPS) is 11.6. The van der Waals surface area contributed by atoms with Gasteiger partial charge in [-0.15, -0.1) is 0 Å². The fourth-order valence-electron chi connectivity index (χ4n) is 3.77. The Labute approximate surface area is 165 Å². The molecule has 0 amide bonds. The van der Waals surface area contributed by atoms with Gasteiger partial charge in [-0.1, -0.05) is 87.0 Å². The zero-order chi connectivity index (χ0) is 19.6. The minimum Gasteiger partial charge on any atom is -0.0617 e. The molecule has 0 nitrogen and oxygen atoms in total. The van der Waals surface area contributed by atoms with E-state index in [9.17, 15) is 0 Å². The molecule has 0 aliphatic heterocycles. The summed E-state index contributed by atoms with van der Waals surface area (Å²) in [7, 11) is 0. The van der Waals surface area contributed by atoms with Crippen molar-refractivity contribution in [3.05, 3.63) is 94.0 Å². The van der Waals surface area contributed by atoms with Crippen LogP contribution in [0.2, 0.25) is 0 Å². The summed E-state index contributed by atoms with van der Waals surface area (Å²) in [4.78, 5) is 0. The van der Waals surface area contributed by atoms with Crippen LogP contribution in [-0.2, 0) is 18.3 Å². The van der Waals surface area contributed by atoms with E-state index in [1.807, 2.05) is 0 Å². The topological polar surface area (TPSA) is 0 Å². The predicted octanol–water partition coefficient (Wildman–Crippen LogP) is 7.36. The highest BCUT2D eigenvalue weighted by atomic mass is 14.2. The van der Waals surface area contributed by atoms with Gasteiger partial charge in [-0.2, -0.15) is 0 Å². The Morgan fingerprint density at radius 3 is 1.78 bits per heavy atom. The Bertz CT molecular complexity index is 938. The Morgan fingerprint density at radius 1 is 0.630 bits per heavy atom. The first-order valence-corrected chi connectivity index (χ1v) is 10.0. The third-order valence-electron chi connectivity index (χ3n) is 5.46. The van der Waals surface area contributed by atoms with Crippen molar-refractivity contribution in [1.82, 2.24) is 0 Å². The second-order valence-electron chi connectivity index (χ2n) is 8.92. The minimum absolute atomic E-state index is 0.192. The minimum atomic E-state index is 0.192. The van der Waals surface area contributed by atoms with Crippen molar-refractivity contribution in [3.63, 3.8) is 0 Å². The lowest BCUT2D eigenvalue weighted by Crippen LogP contribution is -2.11. The second kappa shape index (κ2) is 7.72. The van der Waals surface area contributed by atoms with Crippen LogP contribution in [0.5, 0.6) is 0 Å². The van der Waals surface area contributed by atoms with Gasteiger partial charge < -0.3 is 0 Å². The zero-order valence-corrected chi connectivity index (χ0v) is 17.7. The number of hydrogen-bond donors (Lipinski definition) is 0. The smallest absolute Gasteiger partial charge is 0.0132 e. The van der Waals surface area contributed by atoms with Crippen molar-refractivity contribution in [2.24, 2.45) is 0 Å². The van der Waals surface area contributed by atoms with Gasteiger partial charge >= 0.3 is 0 Å². The monoisotopic (exact) mass is 356 g/mol. The Morgan fingerprint density at radius 2 is 1.22 bits per heavy atom. The highest BCUT2D eigenvalue weighted by Gasteiger charge is 2.15. The van der Waals surface area contributed by atoms with E-state index in [2.05, 4.69) is 102 Å². The quantitative estimate of drug-likeness (QED) is 0.458. The van der Waals surface area contributed by atoms with Crippen LogP contribution in [0.25, 0.3) is 11.1 Å². The summed E-state index contributed by atoms with van der Waals surface area (Å²) in [5.41, 5.74) is 11.2. The third-order valence-corrected chi connectivity index (χ3v) is 5.46. The first-order valence-electron chi connectivity index (χ1n) is 10.0. The molecule has 140 valence electrons. The second-order valence-corrected chi connectivity index (χ2v) is 8.92. The lowest BCUT2D eigenvalue weighted by atomic mass is 9.84. The molecule has 0 unspecified atom stereocenters. The molecule has 0 aliphatic rings. The van der Waals surface area contributed by atoms with E-state index in [0.717, 1.165) is 12.8 Å². The summed E-state index contributed by atoms with van der Waals surface area (Å²) in [5.74, 6) is 0. The Kier molecular flexibility index (Phi) is 5.56. The average Bonchev–Trinajstić information content (AvgIpc) is 2.60. The molecule has 3 aromatic carbocycles. The fraction of sp³-hybridized carbons (Fsp3) is 0.333. The average molecular weight is 357 g/mol. The summed E-state index contributed by atoms with van der Waals surface area (Å²) in [6.45, 7) is 13.5. The van der Waals surface area contributed by atoms with Gasteiger partial charge in [-0.25, -0.2) is 0 Å². The molecule has 0 saturated heterocycles. The molecule has 0 N–H and O–H groups in total. The predicted molar refractivity (Wildman–Crippen MR) is 119 cm³/mol. The fourth-order valence-corrected chi connectivity index (χ4v) is 3.77. The highest BCUT2D eigenvalue weighted by Crippen LogP contribution is 2.31. The van der Waals surface area contributed by atoms with Gasteiger partial charge in [0.2, 0.25) is 0 Å². The summed E-state index contributed by atoms with van der Waals surface area (Å²) in [6, 6.07) is 22.7. The van der Waals surface area contributed by atoms with Crippen LogP contribution in [0.3, 0.4) is 0 Å². The molecule has 0 heteroatoms. The highest BCUT2D eigenvalue weighted by molar-refractivity contribution is 5.71. The van der Waals surface area contributed by atoms with E-state index in [1.165, 1.54) is 44.5 Å². The van der Waals surface area contributed by atoms with Crippen LogP contribution >= 0.6 is 0 Å². The molecule has 3 rings (SSSR count). The van der Waals surface area contributed by atoms with Crippen molar-refractivity contribution < 1.29 is 0 Å². The van der Waals surface area contributed by atoms with E-state index >= 15 is 0 Å². The van der Waals surface area contributed by atoms with Crippen molar-refractivity contribution >= 4 is 0 Å². The number of aryl methyl sites for hydroxylation is 5. The van der Waals surface area contributed by atoms with Gasteiger partial charge in [0.25, 0.3) is 0 Å². The summed E-state index contributed by atoms with van der Waals surface area (Å²) < 4.78 is 0. The van der Waals surface area contributed by atoms with Crippen molar-refractivity contribution in [1.29, 1.82) is 0 Å². The number of benzene rings is 3. The van der Waals surface area contributed by atoms with Crippen molar-refractivity contribution in [2.45, 2.75) is 59.8 Å². The maximum atomic E-state index is 2.36. The Balaban J connectivity index is 1.81. The van der Waals surface area contributed by atoms with Gasteiger partial charge in [0, 0.05) is 0 Å². The van der Waals surface area contributed by atoms with Crippen LogP contribution in [0.4, 0.5) is 0 Å². The van der Waals surface area contributed by atoms with Crippen LogP contribution in [0, 0.1) is 20.8 Å². The maximum absolute atomic E-state index is 2.36. The van der Waals surface area contributed by atoms with Crippen molar-refractivity contribution in [2.75, 3.05) is 0 Å². The van der Waals surface area contributed by atoms with Crippen LogP contribution in [0.15, 0.2) is 60.7 Å². The molecule has 0 aromatic heterocycles. The molecule has 0 aliphatic carbocycles. The standard InChI is InChI=1S/C27H32/c1-19-8-7-9-22(16-19)10-11-23-12-14-25(20(2)17-23)26-15-13-24(18-21(26)3)27(4,5)6/h7-9,12-18H,10-11H2,1-6H3. The molecular formula is C27H32. The van der Waals surface area contributed by atoms with E-state index in [1.54, 1.807) is 0 Å². The lowest BCUT2D eigenvalue weighted by molar-refractivity contribution is 0.590. The molecule has 0 heterocycles. The maximum Gasteiger partial charge on any atom is -0.0132 e. The molecule has 0 saturated carbocycles. The molecule has 0 bridgehead atoms. The SMILES string of the molecule is Cc1cccc(CCc2ccc(-c3ccc(C(C)(C)C)cc3C)c(C)c2)c1. The zero-order valence-electron chi connectivity index (χ0n) is 17.7. The lowest BCUT2D eigenvalue weighted by Gasteiger charge is -2.21. The molecule has 0 atom stereocenters. The van der Waals surface area contributed by atoms with Gasteiger partial charge in [0.15, 0.2) is 0 Å². The molecule has 3 aromatic rings. The van der Waals surface area contributed by atoms with Gasteiger partial charge in [-0.05, 0) is 78.0 Å². The summed E-state index contributed by atoms with van der Waals surface area (Å²) >= 11 is 0. The molecule has 27 heavy (non-hydrogen) atoms. The van der Waals surface area contributed by atoms with E-state index in [-0.39, 0.29) is 5.41 Å². The number of hydrogen-bond acceptors (Lipinski definition) is 0. The van der Waals surface area contributed by atoms with E-state index < -0.39 is 0 Å². The first-order chi connectivity index (χ1) is 12.7. The van der Waals surface area contributed by atoms with E-state index in [4.69, 9.17) is 0 Å². The number of rotatable bonds is 4. The van der Waals surface area contributed by atoms with Gasteiger partial charge in [-0.3, -0.25) is 0 Å². The summed E-state index contributed by atoms with van der Waals surface area (Å²) in [6.07, 6.45) is 2.19. The molecule has 0 fully saturated rings. The first kappa shape index (κ1) is 19.4. The van der Waals surface area contributed by atoms with Gasteiger partial charge in [0.05, 0.1) is 0 Å². The third kappa shape index (κ3) is 4.69. The molecule has 0 spiro atoms. The Hall–Kier alpha value is -2.34. The van der Waals surface area contributed by atoms with Crippen LogP contribution < -0.4 is 0 Å². The van der Waals surface area contributed by atoms with Crippen molar-refractivity contribution in [3.8, 4) is 11.1 Å². The van der Waals surface area contributed by atoms with Crippen LogP contribution in [0.1, 0.15) is 54.2 Å². The van der Waals surface area contributed by atoms with Gasteiger partial charge in [0.1, 0.15) is 0 Å². The largest absolute Gasteiger partial charge is 0.0617 e.